The molecule has 3 aromatic carbocycles. The van der Waals surface area contributed by atoms with Gasteiger partial charge < -0.3 is 10.2 Å². The van der Waals surface area contributed by atoms with E-state index in [1.165, 1.54) is 35.2 Å². The van der Waals surface area contributed by atoms with E-state index in [1.807, 2.05) is 13.8 Å². The molecule has 0 saturated carbocycles. The topological polar surface area (TPSA) is 86.8 Å². The van der Waals surface area contributed by atoms with Crippen molar-refractivity contribution >= 4 is 73.9 Å². The van der Waals surface area contributed by atoms with Crippen molar-refractivity contribution in [2.75, 3.05) is 17.4 Å². The highest BCUT2D eigenvalue weighted by atomic mass is 35.5. The third-order valence-corrected chi connectivity index (χ3v) is 9.64. The smallest absolute Gasteiger partial charge is 0.264 e. The third kappa shape index (κ3) is 8.08. The van der Waals surface area contributed by atoms with Crippen LogP contribution in [0.25, 0.3) is 0 Å². The molecule has 0 aliphatic carbocycles. The van der Waals surface area contributed by atoms with Gasteiger partial charge in [-0.15, -0.1) is 0 Å². The monoisotopic (exact) mass is 657 g/mol. The molecule has 0 saturated heterocycles. The van der Waals surface area contributed by atoms with Gasteiger partial charge in [-0.2, -0.15) is 0 Å². The van der Waals surface area contributed by atoms with Crippen LogP contribution in [-0.4, -0.2) is 44.3 Å². The molecule has 3 aromatic rings. The van der Waals surface area contributed by atoms with Crippen LogP contribution in [0.5, 0.6) is 0 Å². The zero-order chi connectivity index (χ0) is 30.3. The summed E-state index contributed by atoms with van der Waals surface area (Å²) in [7, 11) is -4.25. The van der Waals surface area contributed by atoms with Crippen molar-refractivity contribution in [3.05, 3.63) is 91.9 Å². The Bertz CT molecular complexity index is 1480. The Morgan fingerprint density at radius 2 is 1.51 bits per heavy atom. The lowest BCUT2D eigenvalue weighted by atomic mass is 10.1. The van der Waals surface area contributed by atoms with Crippen molar-refractivity contribution in [1.82, 2.24) is 10.2 Å². The molecule has 7 nitrogen and oxygen atoms in total. The molecule has 0 fully saturated rings. The number of halogens is 4. The van der Waals surface area contributed by atoms with Crippen LogP contribution in [0.15, 0.2) is 65.6 Å². The Labute approximate surface area is 261 Å². The van der Waals surface area contributed by atoms with E-state index in [0.29, 0.717) is 28.6 Å². The number of sulfonamides is 1. The number of rotatable bonds is 12. The van der Waals surface area contributed by atoms with E-state index in [1.54, 1.807) is 37.3 Å². The molecule has 0 aliphatic heterocycles. The Hall–Kier alpha value is -2.49. The SMILES string of the molecule is CCCNC(=O)C(CC)N(Cc1c(Cl)cccc1Cl)C(=O)CN(c1ccc(Cl)c(Cl)c1)S(=O)(=O)c1ccc(C)cc1. The number of carbonyl (C=O) groups is 2. The summed E-state index contributed by atoms with van der Waals surface area (Å²) < 4.78 is 28.8. The van der Waals surface area contributed by atoms with Crippen molar-refractivity contribution < 1.29 is 18.0 Å². The van der Waals surface area contributed by atoms with Gasteiger partial charge in [-0.05, 0) is 62.2 Å². The summed E-state index contributed by atoms with van der Waals surface area (Å²) >= 11 is 25.2. The van der Waals surface area contributed by atoms with Gasteiger partial charge in [-0.1, -0.05) is 84.0 Å². The van der Waals surface area contributed by atoms with E-state index < -0.39 is 28.5 Å². The number of nitrogens with zero attached hydrogens (tertiary/aromatic N) is 2. The van der Waals surface area contributed by atoms with Crippen LogP contribution < -0.4 is 9.62 Å². The normalized spacial score (nSPS) is 12.1. The van der Waals surface area contributed by atoms with Gasteiger partial charge >= 0.3 is 0 Å². The molecule has 0 aliphatic rings. The average Bonchev–Trinajstić information content (AvgIpc) is 2.93. The molecule has 2 amide bonds. The van der Waals surface area contributed by atoms with Gasteiger partial charge in [0.25, 0.3) is 10.0 Å². The van der Waals surface area contributed by atoms with Gasteiger partial charge in [-0.25, -0.2) is 8.42 Å². The number of amides is 2. The second-order valence-corrected chi connectivity index (χ2v) is 12.9. The maximum absolute atomic E-state index is 14.1. The van der Waals surface area contributed by atoms with E-state index in [0.717, 1.165) is 9.87 Å². The molecule has 1 N–H and O–H groups in total. The molecular formula is C29H31Cl4N3O4S. The van der Waals surface area contributed by atoms with E-state index in [9.17, 15) is 18.0 Å². The number of aryl methyl sites for hydroxylation is 1. The zero-order valence-corrected chi connectivity index (χ0v) is 26.7. The number of benzene rings is 3. The summed E-state index contributed by atoms with van der Waals surface area (Å²) in [5, 5.41) is 3.80. The average molecular weight is 659 g/mol. The van der Waals surface area contributed by atoms with Crippen LogP contribution in [0.3, 0.4) is 0 Å². The second kappa shape index (κ2) is 14.6. The van der Waals surface area contributed by atoms with Crippen LogP contribution in [0.4, 0.5) is 5.69 Å². The fourth-order valence-electron chi connectivity index (χ4n) is 4.15. The Morgan fingerprint density at radius 1 is 0.878 bits per heavy atom. The first-order valence-corrected chi connectivity index (χ1v) is 15.9. The lowest BCUT2D eigenvalue weighted by Gasteiger charge is -2.33. The van der Waals surface area contributed by atoms with E-state index in [2.05, 4.69) is 5.32 Å². The highest BCUT2D eigenvalue weighted by molar-refractivity contribution is 7.92. The largest absolute Gasteiger partial charge is 0.354 e. The first-order chi connectivity index (χ1) is 19.4. The van der Waals surface area contributed by atoms with Crippen molar-refractivity contribution in [1.29, 1.82) is 0 Å². The molecule has 1 atom stereocenters. The summed E-state index contributed by atoms with van der Waals surface area (Å²) in [6.07, 6.45) is 0.965. The third-order valence-electron chi connectivity index (χ3n) is 6.40. The van der Waals surface area contributed by atoms with E-state index >= 15 is 0 Å². The van der Waals surface area contributed by atoms with Crippen LogP contribution in [0.1, 0.15) is 37.8 Å². The Morgan fingerprint density at radius 3 is 2.07 bits per heavy atom. The predicted molar refractivity (Wildman–Crippen MR) is 167 cm³/mol. The van der Waals surface area contributed by atoms with Crippen LogP contribution in [0, 0.1) is 6.92 Å². The van der Waals surface area contributed by atoms with Gasteiger partial charge in [0.15, 0.2) is 0 Å². The van der Waals surface area contributed by atoms with Crippen molar-refractivity contribution in [2.24, 2.45) is 0 Å². The number of hydrogen-bond donors (Lipinski definition) is 1. The quantitative estimate of drug-likeness (QED) is 0.224. The fourth-order valence-corrected chi connectivity index (χ4v) is 6.36. The molecule has 0 spiro atoms. The zero-order valence-electron chi connectivity index (χ0n) is 22.8. The Kier molecular flexibility index (Phi) is 11.8. The minimum absolute atomic E-state index is 0.0181. The van der Waals surface area contributed by atoms with Crippen LogP contribution in [-0.2, 0) is 26.2 Å². The minimum atomic E-state index is -4.25. The van der Waals surface area contributed by atoms with Gasteiger partial charge in [0, 0.05) is 28.7 Å². The number of hydrogen-bond acceptors (Lipinski definition) is 4. The molecule has 0 radical (unpaired) electrons. The molecular weight excluding hydrogens is 628 g/mol. The summed E-state index contributed by atoms with van der Waals surface area (Å²) in [4.78, 5) is 28.6. The molecule has 1 unspecified atom stereocenters. The summed E-state index contributed by atoms with van der Waals surface area (Å²) in [6, 6.07) is 14.6. The lowest BCUT2D eigenvalue weighted by molar-refractivity contribution is -0.140. The van der Waals surface area contributed by atoms with Gasteiger partial charge in [-0.3, -0.25) is 13.9 Å². The first kappa shape index (κ1) is 33.0. The highest BCUT2D eigenvalue weighted by Crippen LogP contribution is 2.32. The highest BCUT2D eigenvalue weighted by Gasteiger charge is 2.34. The molecule has 0 heterocycles. The number of carbonyl (C=O) groups excluding carboxylic acids is 2. The molecule has 0 aromatic heterocycles. The van der Waals surface area contributed by atoms with Crippen molar-refractivity contribution in [2.45, 2.75) is 51.1 Å². The van der Waals surface area contributed by atoms with Crippen LogP contribution in [0.2, 0.25) is 20.1 Å². The molecule has 0 bridgehead atoms. The molecule has 220 valence electrons. The van der Waals surface area contributed by atoms with Gasteiger partial charge in [0.05, 0.1) is 20.6 Å². The van der Waals surface area contributed by atoms with Crippen LogP contribution >= 0.6 is 46.4 Å². The molecule has 41 heavy (non-hydrogen) atoms. The summed E-state index contributed by atoms with van der Waals surface area (Å²) in [5.41, 5.74) is 1.44. The Balaban J connectivity index is 2.11. The summed E-state index contributed by atoms with van der Waals surface area (Å²) in [5.74, 6) is -1.01. The molecule has 3 rings (SSSR count). The van der Waals surface area contributed by atoms with E-state index in [-0.39, 0.29) is 39.5 Å². The number of nitrogens with one attached hydrogen (secondary N) is 1. The first-order valence-electron chi connectivity index (χ1n) is 12.9. The summed E-state index contributed by atoms with van der Waals surface area (Å²) in [6.45, 7) is 5.19. The standard InChI is InChI=1S/C29H31Cl4N3O4S/c1-4-15-34-29(38)27(5-2)35(17-22-23(30)7-6-8-24(22)31)28(37)18-36(20-11-14-25(32)26(33)16-20)41(39,40)21-12-9-19(3)10-13-21/h6-14,16,27H,4-5,15,17-18H2,1-3H3,(H,34,38). The van der Waals surface area contributed by atoms with Crippen molar-refractivity contribution in [3.63, 3.8) is 0 Å². The maximum Gasteiger partial charge on any atom is 0.264 e. The fraction of sp³-hybridized carbons (Fsp3) is 0.310. The molecule has 12 heteroatoms. The van der Waals surface area contributed by atoms with E-state index in [4.69, 9.17) is 46.4 Å². The second-order valence-electron chi connectivity index (χ2n) is 9.36. The van der Waals surface area contributed by atoms with Gasteiger partial charge in [0.1, 0.15) is 12.6 Å². The van der Waals surface area contributed by atoms with Crippen molar-refractivity contribution in [3.8, 4) is 0 Å². The minimum Gasteiger partial charge on any atom is -0.354 e. The number of anilines is 1. The van der Waals surface area contributed by atoms with Gasteiger partial charge in [0.2, 0.25) is 11.8 Å². The lowest BCUT2D eigenvalue weighted by Crippen LogP contribution is -2.52. The maximum atomic E-state index is 14.1. The predicted octanol–water partition coefficient (Wildman–Crippen LogP) is 7.14.